The largest absolute Gasteiger partial charge is 0.497 e. The van der Waals surface area contributed by atoms with E-state index in [1.165, 1.54) is 16.2 Å². The van der Waals surface area contributed by atoms with E-state index in [9.17, 15) is 5.11 Å². The molecule has 1 atom stereocenters. The van der Waals surface area contributed by atoms with Crippen LogP contribution in [0.15, 0.2) is 78.9 Å². The van der Waals surface area contributed by atoms with Gasteiger partial charge < -0.3 is 24.2 Å². The summed E-state index contributed by atoms with van der Waals surface area (Å²) in [5.74, 6) is 0.821. The first kappa shape index (κ1) is 22.5. The average Bonchev–Trinajstić information content (AvgIpc) is 3.16. The van der Waals surface area contributed by atoms with Crippen molar-refractivity contribution in [2.45, 2.75) is 19.6 Å². The van der Waals surface area contributed by atoms with E-state index in [-0.39, 0.29) is 0 Å². The van der Waals surface area contributed by atoms with E-state index in [2.05, 4.69) is 83.1 Å². The quantitative estimate of drug-likeness (QED) is 0.448. The summed E-state index contributed by atoms with van der Waals surface area (Å²) in [7, 11) is 1.70. The Hall–Kier alpha value is -3.28. The zero-order valence-corrected chi connectivity index (χ0v) is 20.1. The van der Waals surface area contributed by atoms with Gasteiger partial charge in [-0.15, -0.1) is 0 Å². The summed E-state index contributed by atoms with van der Waals surface area (Å²) >= 11 is 0. The lowest BCUT2D eigenvalue weighted by atomic mass is 10.0. The van der Waals surface area contributed by atoms with Gasteiger partial charge in [-0.1, -0.05) is 48.5 Å². The van der Waals surface area contributed by atoms with Crippen molar-refractivity contribution >= 4 is 16.6 Å². The maximum atomic E-state index is 11.5. The third kappa shape index (κ3) is 4.54. The molecule has 0 aliphatic carbocycles. The number of piperazine rings is 1. The number of quaternary nitrogens is 1. The van der Waals surface area contributed by atoms with Gasteiger partial charge in [0.1, 0.15) is 18.4 Å². The molecule has 0 amide bonds. The molecule has 0 bridgehead atoms. The van der Waals surface area contributed by atoms with E-state index in [0.717, 1.165) is 60.6 Å². The zero-order chi connectivity index (χ0) is 23.5. The lowest BCUT2D eigenvalue weighted by Crippen LogP contribution is -3.15. The first-order valence-corrected chi connectivity index (χ1v) is 12.2. The monoisotopic (exact) mass is 456 g/mol. The fourth-order valence-electron chi connectivity index (χ4n) is 5.30. The summed E-state index contributed by atoms with van der Waals surface area (Å²) in [5, 5.41) is 12.6. The number of rotatable bonds is 7. The van der Waals surface area contributed by atoms with E-state index in [1.54, 1.807) is 7.11 Å². The second-order valence-corrected chi connectivity index (χ2v) is 9.25. The Labute approximate surface area is 201 Å². The Morgan fingerprint density at radius 3 is 2.29 bits per heavy atom. The number of methoxy groups -OCH3 is 1. The minimum absolute atomic E-state index is 0.523. The van der Waals surface area contributed by atoms with Crippen molar-refractivity contribution in [3.05, 3.63) is 95.7 Å². The van der Waals surface area contributed by atoms with Crippen LogP contribution in [0.4, 0.5) is 5.69 Å². The number of benzene rings is 3. The summed E-state index contributed by atoms with van der Waals surface area (Å²) < 4.78 is 7.85. The van der Waals surface area contributed by atoms with Crippen LogP contribution in [0.25, 0.3) is 10.9 Å². The van der Waals surface area contributed by atoms with Crippen LogP contribution in [0.5, 0.6) is 5.75 Å². The van der Waals surface area contributed by atoms with Crippen LogP contribution in [-0.4, -0.2) is 49.5 Å². The molecule has 0 unspecified atom stereocenters. The third-order valence-corrected chi connectivity index (χ3v) is 7.17. The number of aliphatic hydroxyl groups excluding tert-OH is 1. The molecule has 3 aromatic carbocycles. The lowest BCUT2D eigenvalue weighted by molar-refractivity contribution is -0.904. The average molecular weight is 457 g/mol. The molecular formula is C29H34N3O2+. The number of nitrogens with one attached hydrogen (secondary N) is 1. The van der Waals surface area contributed by atoms with Gasteiger partial charge in [0.15, 0.2) is 0 Å². The number of nitrogens with zero attached hydrogens (tertiary/aromatic N) is 2. The standard InChI is InChI=1S/C29H33N3O2/c1-22-29(28(33)21-30-15-17-31(18-16-30)24-11-7-4-8-12-24)26-19-25(34-2)13-14-27(26)32(22)20-23-9-5-3-6-10-23/h3-14,19,28,33H,15-18,20-21H2,1-2H3/p+1/t28-/m1/s1. The highest BCUT2D eigenvalue weighted by Gasteiger charge is 2.27. The molecule has 1 saturated heterocycles. The molecule has 0 spiro atoms. The molecule has 1 fully saturated rings. The summed E-state index contributed by atoms with van der Waals surface area (Å²) in [6, 6.07) is 27.3. The Morgan fingerprint density at radius 1 is 0.941 bits per heavy atom. The minimum atomic E-state index is -0.523. The molecule has 5 heteroatoms. The Morgan fingerprint density at radius 2 is 1.62 bits per heavy atom. The van der Waals surface area contributed by atoms with Crippen LogP contribution in [0.2, 0.25) is 0 Å². The molecule has 5 nitrogen and oxygen atoms in total. The molecule has 1 aromatic heterocycles. The second-order valence-electron chi connectivity index (χ2n) is 9.25. The molecule has 0 radical (unpaired) electrons. The third-order valence-electron chi connectivity index (χ3n) is 7.17. The molecule has 4 aromatic rings. The number of ether oxygens (including phenoxy) is 1. The van der Waals surface area contributed by atoms with Crippen LogP contribution in [-0.2, 0) is 6.54 Å². The fraction of sp³-hybridized carbons (Fsp3) is 0.310. The van der Waals surface area contributed by atoms with Crippen molar-refractivity contribution < 1.29 is 14.7 Å². The van der Waals surface area contributed by atoms with Crippen LogP contribution in [0.1, 0.15) is 22.9 Å². The summed E-state index contributed by atoms with van der Waals surface area (Å²) in [6.07, 6.45) is -0.523. The van der Waals surface area contributed by atoms with Crippen molar-refractivity contribution in [1.82, 2.24) is 4.57 Å². The molecule has 5 rings (SSSR count). The van der Waals surface area contributed by atoms with Gasteiger partial charge in [0.05, 0.1) is 33.3 Å². The number of hydrogen-bond donors (Lipinski definition) is 2. The predicted octanol–water partition coefficient (Wildman–Crippen LogP) is 3.45. The second kappa shape index (κ2) is 9.92. The summed E-state index contributed by atoms with van der Waals surface area (Å²) in [6.45, 7) is 7.70. The van der Waals surface area contributed by atoms with Crippen LogP contribution in [0.3, 0.4) is 0 Å². The van der Waals surface area contributed by atoms with Crippen LogP contribution >= 0.6 is 0 Å². The van der Waals surface area contributed by atoms with Crippen molar-refractivity contribution in [3.63, 3.8) is 0 Å². The van der Waals surface area contributed by atoms with Crippen molar-refractivity contribution in [1.29, 1.82) is 0 Å². The first-order chi connectivity index (χ1) is 16.6. The topological polar surface area (TPSA) is 42.1 Å². The van der Waals surface area contributed by atoms with Gasteiger partial charge in [-0.2, -0.15) is 0 Å². The predicted molar refractivity (Wildman–Crippen MR) is 138 cm³/mol. The van der Waals surface area contributed by atoms with E-state index in [0.29, 0.717) is 6.54 Å². The van der Waals surface area contributed by atoms with Gasteiger partial charge in [0.25, 0.3) is 0 Å². The van der Waals surface area contributed by atoms with E-state index in [4.69, 9.17) is 4.74 Å². The minimum Gasteiger partial charge on any atom is -0.497 e. The molecule has 1 aliphatic heterocycles. The molecule has 2 heterocycles. The molecule has 0 saturated carbocycles. The molecule has 176 valence electrons. The van der Waals surface area contributed by atoms with E-state index < -0.39 is 6.10 Å². The first-order valence-electron chi connectivity index (χ1n) is 12.2. The number of hydrogen-bond acceptors (Lipinski definition) is 3. The van der Waals surface area contributed by atoms with E-state index >= 15 is 0 Å². The number of para-hydroxylation sites is 1. The van der Waals surface area contributed by atoms with Gasteiger partial charge in [-0.3, -0.25) is 0 Å². The zero-order valence-electron chi connectivity index (χ0n) is 20.1. The number of anilines is 1. The Balaban J connectivity index is 1.38. The maximum Gasteiger partial charge on any atom is 0.130 e. The number of fused-ring (bicyclic) bond motifs is 1. The van der Waals surface area contributed by atoms with Crippen molar-refractivity contribution in [2.24, 2.45) is 0 Å². The normalized spacial score (nSPS) is 15.6. The Kier molecular flexibility index (Phi) is 6.57. The van der Waals surface area contributed by atoms with Crippen LogP contribution < -0.4 is 14.5 Å². The lowest BCUT2D eigenvalue weighted by Gasteiger charge is -2.34. The maximum absolute atomic E-state index is 11.5. The number of aromatic nitrogens is 1. The molecule has 2 N–H and O–H groups in total. The highest BCUT2D eigenvalue weighted by molar-refractivity contribution is 5.87. The highest BCUT2D eigenvalue weighted by atomic mass is 16.5. The van der Waals surface area contributed by atoms with Gasteiger partial charge in [0, 0.05) is 34.4 Å². The van der Waals surface area contributed by atoms with Crippen molar-refractivity contribution in [3.8, 4) is 5.75 Å². The van der Waals surface area contributed by atoms with Gasteiger partial charge >= 0.3 is 0 Å². The van der Waals surface area contributed by atoms with E-state index in [1.807, 2.05) is 12.1 Å². The van der Waals surface area contributed by atoms with Gasteiger partial charge in [0.2, 0.25) is 0 Å². The van der Waals surface area contributed by atoms with Crippen molar-refractivity contribution in [2.75, 3.05) is 44.7 Å². The van der Waals surface area contributed by atoms with Gasteiger partial charge in [-0.05, 0) is 42.8 Å². The molecular weight excluding hydrogens is 422 g/mol. The molecule has 1 aliphatic rings. The summed E-state index contributed by atoms with van der Waals surface area (Å²) in [4.78, 5) is 3.89. The smallest absolute Gasteiger partial charge is 0.130 e. The highest BCUT2D eigenvalue weighted by Crippen LogP contribution is 2.33. The Bertz CT molecular complexity index is 1230. The van der Waals surface area contributed by atoms with Gasteiger partial charge in [-0.25, -0.2) is 0 Å². The van der Waals surface area contributed by atoms with Crippen LogP contribution in [0, 0.1) is 6.92 Å². The summed E-state index contributed by atoms with van der Waals surface area (Å²) in [5.41, 5.74) is 5.83. The number of aliphatic hydroxyl groups is 1. The molecule has 34 heavy (non-hydrogen) atoms. The SMILES string of the molecule is COc1ccc2c(c1)c([C@H](O)C[NH+]1CCN(c3ccccc3)CC1)c(C)n2Cc1ccccc1. The fourth-order valence-corrected chi connectivity index (χ4v) is 5.30.